The SMILES string of the molecule is Cc1cc(CC(=O)Nc2cc([C@H]3CC[C@H](CC(=O)NC4(C)CC4)C3)[nH]n2)on1. The molecule has 0 radical (unpaired) electrons. The van der Waals surface area contributed by atoms with Gasteiger partial charge in [-0.05, 0) is 51.9 Å². The fraction of sp³-hybridized carbons (Fsp3) is 0.600. The van der Waals surface area contributed by atoms with E-state index < -0.39 is 0 Å². The largest absolute Gasteiger partial charge is 0.361 e. The molecule has 2 atom stereocenters. The van der Waals surface area contributed by atoms with E-state index in [0.29, 0.717) is 29.8 Å². The zero-order chi connectivity index (χ0) is 19.7. The number of anilines is 1. The molecule has 28 heavy (non-hydrogen) atoms. The Balaban J connectivity index is 1.26. The van der Waals surface area contributed by atoms with Gasteiger partial charge in [0.05, 0.1) is 12.1 Å². The van der Waals surface area contributed by atoms with Gasteiger partial charge in [0.1, 0.15) is 5.76 Å². The van der Waals surface area contributed by atoms with Gasteiger partial charge in [-0.1, -0.05) is 5.16 Å². The van der Waals surface area contributed by atoms with Crippen LogP contribution in [0.5, 0.6) is 0 Å². The third-order valence-corrected chi connectivity index (χ3v) is 5.77. The normalized spacial score (nSPS) is 22.8. The van der Waals surface area contributed by atoms with E-state index in [0.717, 1.165) is 43.5 Å². The number of rotatable bonds is 7. The van der Waals surface area contributed by atoms with Crippen LogP contribution < -0.4 is 10.6 Å². The summed E-state index contributed by atoms with van der Waals surface area (Å²) in [6.07, 6.45) is 5.94. The maximum atomic E-state index is 12.2. The minimum atomic E-state index is -0.191. The Bertz CT molecular complexity index is 867. The van der Waals surface area contributed by atoms with Gasteiger partial charge in [0.15, 0.2) is 5.82 Å². The highest BCUT2D eigenvalue weighted by Crippen LogP contribution is 2.40. The molecule has 0 aliphatic heterocycles. The van der Waals surface area contributed by atoms with Crippen LogP contribution in [0.15, 0.2) is 16.7 Å². The number of hydrogen-bond acceptors (Lipinski definition) is 5. The summed E-state index contributed by atoms with van der Waals surface area (Å²) in [7, 11) is 0. The van der Waals surface area contributed by atoms with E-state index in [9.17, 15) is 9.59 Å². The highest BCUT2D eigenvalue weighted by Gasteiger charge is 2.39. The van der Waals surface area contributed by atoms with Crippen molar-refractivity contribution >= 4 is 17.6 Å². The summed E-state index contributed by atoms with van der Waals surface area (Å²) in [5.74, 6) is 1.78. The highest BCUT2D eigenvalue weighted by atomic mass is 16.5. The van der Waals surface area contributed by atoms with E-state index in [2.05, 4.69) is 32.9 Å². The van der Waals surface area contributed by atoms with Gasteiger partial charge in [0.2, 0.25) is 11.8 Å². The van der Waals surface area contributed by atoms with Crippen molar-refractivity contribution in [3.05, 3.63) is 29.3 Å². The molecule has 2 aliphatic carbocycles. The van der Waals surface area contributed by atoms with Crippen molar-refractivity contribution in [3.63, 3.8) is 0 Å². The molecule has 2 heterocycles. The predicted molar refractivity (Wildman–Crippen MR) is 103 cm³/mol. The number of amides is 2. The quantitative estimate of drug-likeness (QED) is 0.678. The summed E-state index contributed by atoms with van der Waals surface area (Å²) in [4.78, 5) is 24.3. The van der Waals surface area contributed by atoms with Crippen LogP contribution in [0.1, 0.15) is 68.5 Å². The Morgan fingerprint density at radius 1 is 1.29 bits per heavy atom. The lowest BCUT2D eigenvalue weighted by molar-refractivity contribution is -0.122. The lowest BCUT2D eigenvalue weighted by atomic mass is 9.99. The summed E-state index contributed by atoms with van der Waals surface area (Å²) < 4.78 is 5.06. The van der Waals surface area contributed by atoms with Crippen molar-refractivity contribution in [2.75, 3.05) is 5.32 Å². The van der Waals surface area contributed by atoms with E-state index >= 15 is 0 Å². The first-order valence-corrected chi connectivity index (χ1v) is 9.97. The van der Waals surface area contributed by atoms with Gasteiger partial charge < -0.3 is 15.2 Å². The van der Waals surface area contributed by atoms with Crippen LogP contribution in [0, 0.1) is 12.8 Å². The molecule has 0 unspecified atom stereocenters. The van der Waals surface area contributed by atoms with Crippen molar-refractivity contribution in [2.24, 2.45) is 5.92 Å². The predicted octanol–water partition coefficient (Wildman–Crippen LogP) is 2.83. The van der Waals surface area contributed by atoms with E-state index in [4.69, 9.17) is 4.52 Å². The number of aryl methyl sites for hydroxylation is 1. The van der Waals surface area contributed by atoms with E-state index in [-0.39, 0.29) is 23.8 Å². The van der Waals surface area contributed by atoms with Crippen molar-refractivity contribution in [2.45, 2.75) is 70.3 Å². The summed E-state index contributed by atoms with van der Waals surface area (Å²) >= 11 is 0. The number of aromatic nitrogens is 3. The molecular weight excluding hydrogens is 358 g/mol. The highest BCUT2D eigenvalue weighted by molar-refractivity contribution is 5.91. The van der Waals surface area contributed by atoms with Crippen LogP contribution in [0.4, 0.5) is 5.82 Å². The van der Waals surface area contributed by atoms with Crippen LogP contribution in [-0.2, 0) is 16.0 Å². The molecular formula is C20H27N5O3. The average molecular weight is 385 g/mol. The van der Waals surface area contributed by atoms with Gasteiger partial charge in [0.25, 0.3) is 0 Å². The Hall–Kier alpha value is -2.64. The van der Waals surface area contributed by atoms with Gasteiger partial charge >= 0.3 is 0 Å². The lowest BCUT2D eigenvalue weighted by Crippen LogP contribution is -2.35. The zero-order valence-corrected chi connectivity index (χ0v) is 16.4. The molecule has 0 bridgehead atoms. The first-order chi connectivity index (χ1) is 13.4. The maximum Gasteiger partial charge on any atom is 0.233 e. The van der Waals surface area contributed by atoms with Crippen molar-refractivity contribution < 1.29 is 14.1 Å². The van der Waals surface area contributed by atoms with Gasteiger partial charge in [-0.3, -0.25) is 14.7 Å². The first kappa shape index (κ1) is 18.7. The molecule has 2 aliphatic rings. The smallest absolute Gasteiger partial charge is 0.233 e. The Labute approximate surface area is 163 Å². The van der Waals surface area contributed by atoms with E-state index in [1.807, 2.05) is 13.0 Å². The molecule has 2 amide bonds. The van der Waals surface area contributed by atoms with Crippen molar-refractivity contribution in [1.29, 1.82) is 0 Å². The third kappa shape index (κ3) is 4.61. The molecule has 2 saturated carbocycles. The first-order valence-electron chi connectivity index (χ1n) is 9.97. The van der Waals surface area contributed by atoms with Crippen LogP contribution in [0.3, 0.4) is 0 Å². The molecule has 2 aromatic rings. The average Bonchev–Trinajstić information content (AvgIpc) is 3.05. The fourth-order valence-electron chi connectivity index (χ4n) is 3.96. The molecule has 3 N–H and O–H groups in total. The third-order valence-electron chi connectivity index (χ3n) is 5.77. The topological polar surface area (TPSA) is 113 Å². The Morgan fingerprint density at radius 2 is 2.11 bits per heavy atom. The molecule has 4 rings (SSSR count). The second kappa shape index (κ2) is 7.41. The van der Waals surface area contributed by atoms with Crippen molar-refractivity contribution in [3.8, 4) is 0 Å². The van der Waals surface area contributed by atoms with Gasteiger partial charge in [0, 0.05) is 35.7 Å². The summed E-state index contributed by atoms with van der Waals surface area (Å²) in [6, 6.07) is 3.63. The molecule has 2 aromatic heterocycles. The molecule has 150 valence electrons. The maximum absolute atomic E-state index is 12.2. The van der Waals surface area contributed by atoms with E-state index in [1.165, 1.54) is 0 Å². The standard InChI is InChI=1S/C20H27N5O3/c1-12-7-15(28-25-12)10-18(26)21-17-11-16(23-24-17)14-4-3-13(8-14)9-19(27)22-20(2)5-6-20/h7,11,13-14H,3-6,8-10H2,1-2H3,(H,22,27)(H2,21,23,24,26)/t13-,14-/m0/s1. The number of carbonyl (C=O) groups excluding carboxylic acids is 2. The second-order valence-electron chi connectivity index (χ2n) is 8.56. The summed E-state index contributed by atoms with van der Waals surface area (Å²) in [5.41, 5.74) is 1.82. The van der Waals surface area contributed by atoms with E-state index in [1.54, 1.807) is 6.07 Å². The van der Waals surface area contributed by atoms with Crippen LogP contribution in [-0.4, -0.2) is 32.7 Å². The minimum absolute atomic E-state index is 0.0516. The number of nitrogens with zero attached hydrogens (tertiary/aromatic N) is 2. The molecule has 8 heteroatoms. The Kier molecular flexibility index (Phi) is 4.95. The summed E-state index contributed by atoms with van der Waals surface area (Å²) in [5, 5.41) is 17.0. The second-order valence-corrected chi connectivity index (χ2v) is 8.56. The number of nitrogens with one attached hydrogen (secondary N) is 3. The van der Waals surface area contributed by atoms with Crippen molar-refractivity contribution in [1.82, 2.24) is 20.7 Å². The monoisotopic (exact) mass is 385 g/mol. The van der Waals surface area contributed by atoms with Gasteiger partial charge in [-0.25, -0.2) is 0 Å². The number of carbonyl (C=O) groups is 2. The number of hydrogen-bond donors (Lipinski definition) is 3. The molecule has 0 saturated heterocycles. The molecule has 2 fully saturated rings. The summed E-state index contributed by atoms with van der Waals surface area (Å²) in [6.45, 7) is 3.92. The van der Waals surface area contributed by atoms with Crippen LogP contribution in [0.25, 0.3) is 0 Å². The van der Waals surface area contributed by atoms with Crippen LogP contribution >= 0.6 is 0 Å². The zero-order valence-electron chi connectivity index (χ0n) is 16.4. The molecule has 8 nitrogen and oxygen atoms in total. The molecule has 0 spiro atoms. The number of aromatic amines is 1. The Morgan fingerprint density at radius 3 is 2.82 bits per heavy atom. The molecule has 0 aromatic carbocycles. The lowest BCUT2D eigenvalue weighted by Gasteiger charge is -2.14. The van der Waals surface area contributed by atoms with Gasteiger partial charge in [-0.15, -0.1) is 0 Å². The van der Waals surface area contributed by atoms with Gasteiger partial charge in [-0.2, -0.15) is 5.10 Å². The minimum Gasteiger partial charge on any atom is -0.361 e. The number of H-pyrrole nitrogens is 1. The van der Waals surface area contributed by atoms with Crippen LogP contribution in [0.2, 0.25) is 0 Å². The fourth-order valence-corrected chi connectivity index (χ4v) is 3.96.